The summed E-state index contributed by atoms with van der Waals surface area (Å²) in [6.45, 7) is 1.87. The van der Waals surface area contributed by atoms with Crippen LogP contribution in [0.3, 0.4) is 0 Å². The molecule has 0 spiro atoms. The van der Waals surface area contributed by atoms with Crippen molar-refractivity contribution in [3.63, 3.8) is 0 Å². The molecule has 1 N–H and O–H groups in total. The summed E-state index contributed by atoms with van der Waals surface area (Å²) in [5, 5.41) is 12.8. The van der Waals surface area contributed by atoms with Gasteiger partial charge in [0.25, 0.3) is 0 Å². The van der Waals surface area contributed by atoms with E-state index in [0.29, 0.717) is 17.6 Å². The molecule has 0 radical (unpaired) electrons. The Balaban J connectivity index is 1.93. The number of aromatic nitrogens is 2. The molecular weight excluding hydrogens is 324 g/mol. The molecule has 24 heavy (non-hydrogen) atoms. The topological polar surface area (TPSA) is 87.3 Å². The molecular formula is C17H16N4O2S. The Kier molecular flexibility index (Phi) is 3.25. The lowest BCUT2D eigenvalue weighted by Crippen LogP contribution is -2.22. The average molecular weight is 340 g/mol. The molecule has 1 aliphatic rings. The fourth-order valence-corrected chi connectivity index (χ4v) is 4.99. The summed E-state index contributed by atoms with van der Waals surface area (Å²) in [6, 6.07) is 11.7. The normalized spacial score (nSPS) is 19.6. The number of para-hydroxylation sites is 2. The van der Waals surface area contributed by atoms with E-state index in [0.717, 1.165) is 22.4 Å². The highest BCUT2D eigenvalue weighted by molar-refractivity contribution is 7.91. The van der Waals surface area contributed by atoms with Crippen LogP contribution in [0, 0.1) is 18.3 Å². The molecule has 4 rings (SSSR count). The zero-order chi connectivity index (χ0) is 16.9. The van der Waals surface area contributed by atoms with E-state index in [2.05, 4.69) is 16.4 Å². The van der Waals surface area contributed by atoms with Gasteiger partial charge in [0.1, 0.15) is 11.9 Å². The number of nitriles is 1. The number of fused-ring (bicyclic) bond motifs is 3. The minimum atomic E-state index is -2.96. The van der Waals surface area contributed by atoms with Gasteiger partial charge in [-0.2, -0.15) is 5.26 Å². The smallest absolute Gasteiger partial charge is 0.157 e. The highest BCUT2D eigenvalue weighted by Crippen LogP contribution is 2.28. The van der Waals surface area contributed by atoms with Gasteiger partial charge in [-0.05, 0) is 37.1 Å². The highest BCUT2D eigenvalue weighted by Gasteiger charge is 2.28. The molecule has 0 bridgehead atoms. The predicted octanol–water partition coefficient (Wildman–Crippen LogP) is 2.27. The second kappa shape index (κ2) is 5.21. The summed E-state index contributed by atoms with van der Waals surface area (Å²) in [5.41, 5.74) is 3.66. The number of rotatable bonds is 2. The maximum absolute atomic E-state index is 11.7. The Morgan fingerprint density at radius 1 is 1.38 bits per heavy atom. The predicted molar refractivity (Wildman–Crippen MR) is 92.8 cm³/mol. The van der Waals surface area contributed by atoms with Crippen molar-refractivity contribution in [3.05, 3.63) is 41.5 Å². The van der Waals surface area contributed by atoms with E-state index in [9.17, 15) is 13.7 Å². The molecule has 1 aromatic carbocycles. The van der Waals surface area contributed by atoms with E-state index in [1.165, 1.54) is 0 Å². The summed E-state index contributed by atoms with van der Waals surface area (Å²) >= 11 is 0. The van der Waals surface area contributed by atoms with Crippen LogP contribution in [0.1, 0.15) is 17.5 Å². The first-order chi connectivity index (χ1) is 11.5. The van der Waals surface area contributed by atoms with Crippen molar-refractivity contribution >= 4 is 32.3 Å². The molecule has 3 heterocycles. The number of hydrogen-bond acceptors (Lipinski definition) is 5. The Labute approximate surface area is 139 Å². The van der Waals surface area contributed by atoms with Gasteiger partial charge in [-0.1, -0.05) is 12.1 Å². The van der Waals surface area contributed by atoms with Crippen LogP contribution in [0.4, 0.5) is 5.82 Å². The molecule has 0 amide bonds. The van der Waals surface area contributed by atoms with Crippen LogP contribution in [0.5, 0.6) is 0 Å². The van der Waals surface area contributed by atoms with Crippen molar-refractivity contribution in [1.29, 1.82) is 5.26 Å². The number of aryl methyl sites for hydroxylation is 1. The Bertz CT molecular complexity index is 1110. The lowest BCUT2D eigenvalue weighted by Gasteiger charge is -2.16. The van der Waals surface area contributed by atoms with Crippen molar-refractivity contribution in [1.82, 2.24) is 9.38 Å². The molecule has 6 nitrogen and oxygen atoms in total. The molecule has 1 aliphatic heterocycles. The molecule has 3 aromatic rings. The minimum Gasteiger partial charge on any atom is -0.367 e. The SMILES string of the molecule is Cc1cc(N[C@@H]2CCS(=O)(=O)C2)n2c(nc3ccccc32)c1C#N. The fraction of sp³-hybridized carbons (Fsp3) is 0.294. The average Bonchev–Trinajstić information content (AvgIpc) is 3.07. The maximum Gasteiger partial charge on any atom is 0.157 e. The van der Waals surface area contributed by atoms with Crippen LogP contribution >= 0.6 is 0 Å². The fourth-order valence-electron chi connectivity index (χ4n) is 3.32. The molecule has 1 fully saturated rings. The second-order valence-corrected chi connectivity index (χ2v) is 8.43. The summed E-state index contributed by atoms with van der Waals surface area (Å²) in [6.07, 6.45) is 0.593. The number of benzene rings is 1. The Hall–Kier alpha value is -2.59. The van der Waals surface area contributed by atoms with E-state index in [1.54, 1.807) is 0 Å². The number of nitrogens with one attached hydrogen (secondary N) is 1. The van der Waals surface area contributed by atoms with Crippen molar-refractivity contribution < 1.29 is 8.42 Å². The zero-order valence-electron chi connectivity index (χ0n) is 13.2. The molecule has 0 saturated carbocycles. The molecule has 122 valence electrons. The third-order valence-corrected chi connectivity index (χ3v) is 6.24. The van der Waals surface area contributed by atoms with E-state index in [-0.39, 0.29) is 17.5 Å². The van der Waals surface area contributed by atoms with E-state index in [4.69, 9.17) is 0 Å². The summed E-state index contributed by atoms with van der Waals surface area (Å²) in [7, 11) is -2.96. The third kappa shape index (κ3) is 2.31. The Morgan fingerprint density at radius 3 is 2.88 bits per heavy atom. The van der Waals surface area contributed by atoms with Gasteiger partial charge in [0, 0.05) is 6.04 Å². The lowest BCUT2D eigenvalue weighted by molar-refractivity contribution is 0.602. The van der Waals surface area contributed by atoms with Gasteiger partial charge in [0.15, 0.2) is 15.5 Å². The van der Waals surface area contributed by atoms with Crippen LogP contribution < -0.4 is 5.32 Å². The first-order valence-electron chi connectivity index (χ1n) is 7.76. The standard InChI is InChI=1S/C17H16N4O2S/c1-11-8-16(19-12-6-7-24(22,23)10-12)21-15-5-3-2-4-14(15)20-17(21)13(11)9-18/h2-5,8,12,19H,6-7,10H2,1H3/t12-/m1/s1. The van der Waals surface area contributed by atoms with E-state index < -0.39 is 9.84 Å². The van der Waals surface area contributed by atoms with Gasteiger partial charge >= 0.3 is 0 Å². The van der Waals surface area contributed by atoms with Gasteiger partial charge in [0.05, 0.1) is 28.1 Å². The summed E-state index contributed by atoms with van der Waals surface area (Å²) in [4.78, 5) is 4.59. The van der Waals surface area contributed by atoms with Gasteiger partial charge in [-0.25, -0.2) is 13.4 Å². The number of sulfone groups is 1. The largest absolute Gasteiger partial charge is 0.367 e. The lowest BCUT2D eigenvalue weighted by atomic mass is 10.1. The number of nitrogens with zero attached hydrogens (tertiary/aromatic N) is 3. The summed E-state index contributed by atoms with van der Waals surface area (Å²) < 4.78 is 25.4. The minimum absolute atomic E-state index is 0.119. The highest BCUT2D eigenvalue weighted by atomic mass is 32.2. The first kappa shape index (κ1) is 15.0. The quantitative estimate of drug-likeness (QED) is 0.773. The molecule has 7 heteroatoms. The molecule has 2 aromatic heterocycles. The van der Waals surface area contributed by atoms with Crippen molar-refractivity contribution in [2.75, 3.05) is 16.8 Å². The second-order valence-electron chi connectivity index (χ2n) is 6.20. The van der Waals surface area contributed by atoms with Gasteiger partial charge in [0.2, 0.25) is 0 Å². The molecule has 1 atom stereocenters. The van der Waals surface area contributed by atoms with Crippen LogP contribution in [0.15, 0.2) is 30.3 Å². The van der Waals surface area contributed by atoms with Crippen LogP contribution in [-0.2, 0) is 9.84 Å². The van der Waals surface area contributed by atoms with Crippen LogP contribution in [0.2, 0.25) is 0 Å². The van der Waals surface area contributed by atoms with Gasteiger partial charge < -0.3 is 5.32 Å². The molecule has 1 saturated heterocycles. The monoisotopic (exact) mass is 340 g/mol. The number of hydrogen-bond donors (Lipinski definition) is 1. The van der Waals surface area contributed by atoms with Gasteiger partial charge in [-0.15, -0.1) is 0 Å². The van der Waals surface area contributed by atoms with Crippen molar-refractivity contribution in [2.24, 2.45) is 0 Å². The third-order valence-electron chi connectivity index (χ3n) is 4.47. The maximum atomic E-state index is 11.7. The van der Waals surface area contributed by atoms with Crippen molar-refractivity contribution in [3.8, 4) is 6.07 Å². The molecule has 0 unspecified atom stereocenters. The van der Waals surface area contributed by atoms with Crippen LogP contribution in [0.25, 0.3) is 16.7 Å². The first-order valence-corrected chi connectivity index (χ1v) is 9.58. The molecule has 0 aliphatic carbocycles. The summed E-state index contributed by atoms with van der Waals surface area (Å²) in [5.74, 6) is 1.13. The zero-order valence-corrected chi connectivity index (χ0v) is 14.0. The van der Waals surface area contributed by atoms with Crippen LogP contribution in [-0.4, -0.2) is 35.4 Å². The van der Waals surface area contributed by atoms with E-state index >= 15 is 0 Å². The number of pyridine rings is 1. The van der Waals surface area contributed by atoms with Gasteiger partial charge in [-0.3, -0.25) is 4.40 Å². The van der Waals surface area contributed by atoms with E-state index in [1.807, 2.05) is 41.7 Å². The number of anilines is 1. The Morgan fingerprint density at radius 2 is 2.17 bits per heavy atom. The van der Waals surface area contributed by atoms with Crippen molar-refractivity contribution in [2.45, 2.75) is 19.4 Å². The number of imidazole rings is 1.